The molecular formula is C19H17BrN6O2. The highest BCUT2D eigenvalue weighted by Gasteiger charge is 2.11. The molecule has 0 bridgehead atoms. The molecule has 0 spiro atoms. The molecule has 28 heavy (non-hydrogen) atoms. The Labute approximate surface area is 169 Å². The second kappa shape index (κ2) is 8.49. The summed E-state index contributed by atoms with van der Waals surface area (Å²) in [6.45, 7) is 1.51. The molecule has 3 rings (SSSR count). The van der Waals surface area contributed by atoms with Crippen LogP contribution in [-0.4, -0.2) is 21.7 Å². The van der Waals surface area contributed by atoms with Crippen LogP contribution >= 0.6 is 15.9 Å². The predicted molar refractivity (Wildman–Crippen MR) is 111 cm³/mol. The van der Waals surface area contributed by atoms with Crippen molar-refractivity contribution >= 4 is 50.6 Å². The zero-order valence-corrected chi connectivity index (χ0v) is 16.4. The van der Waals surface area contributed by atoms with E-state index in [0.29, 0.717) is 22.6 Å². The molecule has 0 fully saturated rings. The first-order valence-corrected chi connectivity index (χ1v) is 9.04. The number of aromatic nitrogens is 2. The van der Waals surface area contributed by atoms with Crippen LogP contribution in [0.3, 0.4) is 0 Å². The molecule has 0 aliphatic carbocycles. The summed E-state index contributed by atoms with van der Waals surface area (Å²) < 4.78 is 0.879. The van der Waals surface area contributed by atoms with Crippen LogP contribution in [0.15, 0.2) is 59.3 Å². The molecule has 5 N–H and O–H groups in total. The number of ketones is 1. The molecule has 0 atom stereocenters. The van der Waals surface area contributed by atoms with Gasteiger partial charge in [-0.05, 0) is 55.5 Å². The normalized spacial score (nSPS) is 10.2. The SMILES string of the molecule is CC(=O)c1ccc(Nc2ncnc(NNC(=O)c3ccc(Br)cc3)c2N)cc1. The van der Waals surface area contributed by atoms with Crippen LogP contribution in [0.5, 0.6) is 0 Å². The van der Waals surface area contributed by atoms with E-state index in [4.69, 9.17) is 5.73 Å². The number of rotatable bonds is 6. The lowest BCUT2D eigenvalue weighted by molar-refractivity contribution is 0.0961. The molecule has 8 nitrogen and oxygen atoms in total. The standard InChI is InChI=1S/C19H17BrN6O2/c1-11(27)12-4-8-15(9-5-12)24-17-16(21)18(23-10-22-17)25-26-19(28)13-2-6-14(20)7-3-13/h2-10H,21H2,1H3,(H,26,28)(H2,22,23,24,25). The molecule has 0 saturated heterocycles. The Kier molecular flexibility index (Phi) is 5.85. The summed E-state index contributed by atoms with van der Waals surface area (Å²) >= 11 is 3.32. The van der Waals surface area contributed by atoms with Crippen LogP contribution in [0.25, 0.3) is 0 Å². The van der Waals surface area contributed by atoms with E-state index in [1.165, 1.54) is 13.3 Å². The lowest BCUT2D eigenvalue weighted by atomic mass is 10.1. The minimum atomic E-state index is -0.333. The van der Waals surface area contributed by atoms with Gasteiger partial charge in [0.1, 0.15) is 12.0 Å². The number of carbonyl (C=O) groups is 2. The fourth-order valence-corrected chi connectivity index (χ4v) is 2.57. The summed E-state index contributed by atoms with van der Waals surface area (Å²) in [6, 6.07) is 13.8. The van der Waals surface area contributed by atoms with Crippen molar-refractivity contribution in [1.82, 2.24) is 15.4 Å². The van der Waals surface area contributed by atoms with E-state index in [0.717, 1.165) is 4.47 Å². The highest BCUT2D eigenvalue weighted by Crippen LogP contribution is 2.25. The Morgan fingerprint density at radius 2 is 1.54 bits per heavy atom. The van der Waals surface area contributed by atoms with Gasteiger partial charge in [-0.2, -0.15) is 0 Å². The number of nitrogens with zero attached hydrogens (tertiary/aromatic N) is 2. The van der Waals surface area contributed by atoms with Gasteiger partial charge in [0.25, 0.3) is 5.91 Å². The number of hydrogen-bond acceptors (Lipinski definition) is 7. The Hall–Kier alpha value is -3.46. The second-order valence-electron chi connectivity index (χ2n) is 5.83. The molecule has 0 aliphatic rings. The molecule has 0 radical (unpaired) electrons. The number of benzene rings is 2. The summed E-state index contributed by atoms with van der Waals surface area (Å²) in [7, 11) is 0. The molecule has 0 aliphatic heterocycles. The van der Waals surface area contributed by atoms with Gasteiger partial charge in [0.05, 0.1) is 0 Å². The summed E-state index contributed by atoms with van der Waals surface area (Å²) in [5.41, 5.74) is 13.4. The second-order valence-corrected chi connectivity index (χ2v) is 6.74. The van der Waals surface area contributed by atoms with Crippen molar-refractivity contribution in [2.75, 3.05) is 16.5 Å². The van der Waals surface area contributed by atoms with Gasteiger partial charge >= 0.3 is 0 Å². The molecule has 0 unspecified atom stereocenters. The summed E-state index contributed by atoms with van der Waals surface area (Å²) in [4.78, 5) is 31.7. The Morgan fingerprint density at radius 1 is 0.929 bits per heavy atom. The van der Waals surface area contributed by atoms with Crippen molar-refractivity contribution in [2.45, 2.75) is 6.92 Å². The van der Waals surface area contributed by atoms with E-state index in [1.807, 2.05) is 0 Å². The quantitative estimate of drug-likeness (QED) is 0.341. The average molecular weight is 441 g/mol. The predicted octanol–water partition coefficient (Wildman–Crippen LogP) is 3.52. The van der Waals surface area contributed by atoms with E-state index in [1.54, 1.807) is 48.5 Å². The molecular weight excluding hydrogens is 424 g/mol. The first-order chi connectivity index (χ1) is 13.4. The largest absolute Gasteiger partial charge is 0.393 e. The van der Waals surface area contributed by atoms with Crippen molar-refractivity contribution in [1.29, 1.82) is 0 Å². The number of anilines is 4. The zero-order valence-electron chi connectivity index (χ0n) is 14.9. The van der Waals surface area contributed by atoms with Gasteiger partial charge in [-0.3, -0.25) is 20.4 Å². The maximum Gasteiger partial charge on any atom is 0.269 e. The molecule has 2 aromatic carbocycles. The zero-order chi connectivity index (χ0) is 20.1. The van der Waals surface area contributed by atoms with Crippen LogP contribution in [-0.2, 0) is 0 Å². The number of halogens is 1. The van der Waals surface area contributed by atoms with Gasteiger partial charge in [-0.15, -0.1) is 0 Å². The maximum atomic E-state index is 12.2. The lowest BCUT2D eigenvalue weighted by Gasteiger charge is -2.13. The topological polar surface area (TPSA) is 122 Å². The molecule has 142 valence electrons. The molecule has 1 amide bonds. The van der Waals surface area contributed by atoms with Gasteiger partial charge in [0, 0.05) is 21.3 Å². The van der Waals surface area contributed by atoms with E-state index in [2.05, 4.69) is 42.1 Å². The van der Waals surface area contributed by atoms with Crippen LogP contribution in [0.2, 0.25) is 0 Å². The van der Waals surface area contributed by atoms with Crippen LogP contribution in [0.1, 0.15) is 27.6 Å². The average Bonchev–Trinajstić information content (AvgIpc) is 2.69. The van der Waals surface area contributed by atoms with Crippen molar-refractivity contribution in [3.05, 3.63) is 70.5 Å². The summed E-state index contributed by atoms with van der Waals surface area (Å²) in [5.74, 6) is 0.273. The van der Waals surface area contributed by atoms with Crippen LogP contribution in [0.4, 0.5) is 23.0 Å². The first kappa shape index (κ1) is 19.3. The van der Waals surface area contributed by atoms with E-state index >= 15 is 0 Å². The van der Waals surface area contributed by atoms with E-state index in [9.17, 15) is 9.59 Å². The Bertz CT molecular complexity index is 1010. The molecule has 3 aromatic rings. The molecule has 9 heteroatoms. The molecule has 1 heterocycles. The first-order valence-electron chi connectivity index (χ1n) is 8.24. The highest BCUT2D eigenvalue weighted by molar-refractivity contribution is 9.10. The fraction of sp³-hybridized carbons (Fsp3) is 0.0526. The number of amides is 1. The minimum absolute atomic E-state index is 0.0129. The van der Waals surface area contributed by atoms with Crippen LogP contribution in [0, 0.1) is 0 Å². The minimum Gasteiger partial charge on any atom is -0.393 e. The summed E-state index contributed by atoms with van der Waals surface area (Å²) in [6.07, 6.45) is 1.32. The van der Waals surface area contributed by atoms with Gasteiger partial charge in [-0.25, -0.2) is 9.97 Å². The Balaban J connectivity index is 1.69. The number of nitrogen functional groups attached to an aromatic ring is 1. The number of nitrogens with one attached hydrogen (secondary N) is 3. The molecule has 1 aromatic heterocycles. The smallest absolute Gasteiger partial charge is 0.269 e. The third kappa shape index (κ3) is 4.63. The van der Waals surface area contributed by atoms with Crippen molar-refractivity contribution < 1.29 is 9.59 Å². The van der Waals surface area contributed by atoms with Crippen molar-refractivity contribution in [3.63, 3.8) is 0 Å². The van der Waals surface area contributed by atoms with Gasteiger partial charge < -0.3 is 11.1 Å². The van der Waals surface area contributed by atoms with Crippen molar-refractivity contribution in [2.24, 2.45) is 0 Å². The Morgan fingerprint density at radius 3 is 2.18 bits per heavy atom. The lowest BCUT2D eigenvalue weighted by Crippen LogP contribution is -2.30. The number of Topliss-reactive ketones (excluding diaryl/α,β-unsaturated/α-hetero) is 1. The van der Waals surface area contributed by atoms with Gasteiger partial charge in [0.15, 0.2) is 17.4 Å². The van der Waals surface area contributed by atoms with E-state index < -0.39 is 0 Å². The van der Waals surface area contributed by atoms with Gasteiger partial charge in [-0.1, -0.05) is 15.9 Å². The third-order valence-electron chi connectivity index (χ3n) is 3.84. The van der Waals surface area contributed by atoms with Crippen LogP contribution < -0.4 is 21.9 Å². The van der Waals surface area contributed by atoms with E-state index in [-0.39, 0.29) is 23.2 Å². The third-order valence-corrected chi connectivity index (χ3v) is 4.37. The summed E-state index contributed by atoms with van der Waals surface area (Å²) in [5, 5.41) is 3.06. The van der Waals surface area contributed by atoms with Crippen molar-refractivity contribution in [3.8, 4) is 0 Å². The highest BCUT2D eigenvalue weighted by atomic mass is 79.9. The number of carbonyl (C=O) groups excluding carboxylic acids is 2. The maximum absolute atomic E-state index is 12.2. The monoisotopic (exact) mass is 440 g/mol. The van der Waals surface area contributed by atoms with Gasteiger partial charge in [0.2, 0.25) is 0 Å². The number of hydrogen-bond donors (Lipinski definition) is 4. The fourth-order valence-electron chi connectivity index (χ4n) is 2.31. The number of hydrazine groups is 1. The molecule has 0 saturated carbocycles. The number of nitrogens with two attached hydrogens (primary N) is 1.